The van der Waals surface area contributed by atoms with E-state index in [0.29, 0.717) is 0 Å². The summed E-state index contributed by atoms with van der Waals surface area (Å²) in [6.45, 7) is -1.25. The zero-order valence-corrected chi connectivity index (χ0v) is 8.71. The molecule has 12 heteroatoms. The lowest BCUT2D eigenvalue weighted by Crippen LogP contribution is -2.39. The molecule has 0 saturated carbocycles. The summed E-state index contributed by atoms with van der Waals surface area (Å²) < 4.78 is 27.6. The van der Waals surface area contributed by atoms with E-state index in [9.17, 15) is 19.0 Å². The number of aliphatic carboxylic acids is 1. The molecule has 0 rings (SSSR count). The zero-order valence-electron chi connectivity index (χ0n) is 6.92. The molecule has 10 nitrogen and oxygen atoms in total. The Morgan fingerprint density at radius 1 is 1.20 bits per heavy atom. The van der Waals surface area contributed by atoms with Crippen LogP contribution in [0.3, 0.4) is 0 Å². The van der Waals surface area contributed by atoms with E-state index in [1.165, 1.54) is 0 Å². The standard InChI is InChI=1S/C3H8O10P2/c4-3(5)2(13-15(9,10)11)1-12-14(6,7)8/h2H,1H2,(H,4,5)(H2,6,7,8)(H2,9,10,11)/p-1/t2-/m1/s1. The van der Waals surface area contributed by atoms with Crippen molar-refractivity contribution in [3.63, 3.8) is 0 Å². The van der Waals surface area contributed by atoms with Crippen molar-refractivity contribution >= 4 is 21.6 Å². The lowest BCUT2D eigenvalue weighted by Gasteiger charge is -2.18. The van der Waals surface area contributed by atoms with Gasteiger partial charge in [0.1, 0.15) is 6.10 Å². The Balaban J connectivity index is 4.38. The van der Waals surface area contributed by atoms with Crippen LogP contribution in [0.15, 0.2) is 0 Å². The average Bonchev–Trinajstić information content (AvgIpc) is 1.93. The Morgan fingerprint density at radius 3 is 1.93 bits per heavy atom. The van der Waals surface area contributed by atoms with Crippen LogP contribution in [0.5, 0.6) is 0 Å². The van der Waals surface area contributed by atoms with Gasteiger partial charge in [-0.25, -0.2) is 9.13 Å². The second-order valence-corrected chi connectivity index (χ2v) is 4.62. The van der Waals surface area contributed by atoms with Crippen LogP contribution >= 0.6 is 15.6 Å². The molecule has 0 heterocycles. The number of carbonyl (C=O) groups is 1. The normalized spacial score (nSPS) is 14.9. The van der Waals surface area contributed by atoms with Crippen molar-refractivity contribution in [1.82, 2.24) is 0 Å². The molecular weight excluding hydrogens is 258 g/mol. The van der Waals surface area contributed by atoms with Crippen molar-refractivity contribution < 1.29 is 47.7 Å². The van der Waals surface area contributed by atoms with E-state index in [1.54, 1.807) is 0 Å². The van der Waals surface area contributed by atoms with E-state index in [1.807, 2.05) is 0 Å². The maximum Gasteiger partial charge on any atom is 0.470 e. The number of phosphoric acid groups is 2. The SMILES string of the molecule is O=C([O-])[C@@H](COP(=O)(O)O)OP(=O)(O)O. The topological polar surface area (TPSA) is 174 Å². The number of carboxylic acids is 1. The molecule has 15 heavy (non-hydrogen) atoms. The summed E-state index contributed by atoms with van der Waals surface area (Å²) in [4.78, 5) is 43.0. The number of phosphoric ester groups is 2. The molecule has 0 unspecified atom stereocenters. The minimum absolute atomic E-state index is 1.25. The van der Waals surface area contributed by atoms with Crippen LogP contribution in [0.4, 0.5) is 0 Å². The van der Waals surface area contributed by atoms with Crippen molar-refractivity contribution in [3.05, 3.63) is 0 Å². The minimum atomic E-state index is -5.11. The van der Waals surface area contributed by atoms with Gasteiger partial charge in [-0.2, -0.15) is 0 Å². The van der Waals surface area contributed by atoms with Crippen molar-refractivity contribution in [2.75, 3.05) is 6.61 Å². The van der Waals surface area contributed by atoms with Crippen molar-refractivity contribution in [1.29, 1.82) is 0 Å². The monoisotopic (exact) mass is 265 g/mol. The molecule has 0 aromatic carbocycles. The van der Waals surface area contributed by atoms with Gasteiger partial charge >= 0.3 is 15.6 Å². The molecule has 0 aromatic rings. The minimum Gasteiger partial charge on any atom is -0.547 e. The van der Waals surface area contributed by atoms with Gasteiger partial charge in [0, 0.05) is 0 Å². The molecule has 0 aromatic heterocycles. The first-order chi connectivity index (χ1) is 6.51. The first-order valence-corrected chi connectivity index (χ1v) is 6.22. The van der Waals surface area contributed by atoms with Crippen LogP contribution in [0.1, 0.15) is 0 Å². The molecule has 1 atom stereocenters. The molecule has 0 fully saturated rings. The molecule has 0 radical (unpaired) electrons. The third-order valence-electron chi connectivity index (χ3n) is 0.922. The zero-order chi connectivity index (χ0) is 12.3. The Kier molecular flexibility index (Phi) is 5.04. The Morgan fingerprint density at radius 2 is 1.67 bits per heavy atom. The summed E-state index contributed by atoms with van der Waals surface area (Å²) in [5, 5.41) is 10.2. The van der Waals surface area contributed by atoms with Crippen LogP contribution < -0.4 is 5.11 Å². The first-order valence-electron chi connectivity index (χ1n) is 3.16. The molecule has 0 aliphatic carbocycles. The highest BCUT2D eigenvalue weighted by Gasteiger charge is 2.26. The van der Waals surface area contributed by atoms with Crippen LogP contribution in [-0.4, -0.2) is 38.3 Å². The van der Waals surface area contributed by atoms with Crippen LogP contribution in [0, 0.1) is 0 Å². The summed E-state index contributed by atoms with van der Waals surface area (Å²) in [5.41, 5.74) is 0. The highest BCUT2D eigenvalue weighted by Crippen LogP contribution is 2.40. The maximum absolute atomic E-state index is 10.2. The Bertz CT molecular complexity index is 311. The molecule has 0 bridgehead atoms. The maximum atomic E-state index is 10.2. The highest BCUT2D eigenvalue weighted by molar-refractivity contribution is 7.46. The fourth-order valence-electron chi connectivity index (χ4n) is 0.472. The average molecular weight is 265 g/mol. The van der Waals surface area contributed by atoms with Gasteiger partial charge in [-0.15, -0.1) is 0 Å². The largest absolute Gasteiger partial charge is 0.547 e. The summed E-state index contributed by atoms with van der Waals surface area (Å²) in [6.07, 6.45) is -2.28. The lowest BCUT2D eigenvalue weighted by molar-refractivity contribution is -0.314. The first kappa shape index (κ1) is 14.7. The van der Waals surface area contributed by atoms with Crippen molar-refractivity contribution in [2.24, 2.45) is 0 Å². The fourth-order valence-corrected chi connectivity index (χ4v) is 1.28. The Labute approximate surface area is 82.9 Å². The number of hydrogen-bond acceptors (Lipinski definition) is 6. The van der Waals surface area contributed by atoms with Crippen molar-refractivity contribution in [3.8, 4) is 0 Å². The molecule has 0 spiro atoms. The van der Waals surface area contributed by atoms with Crippen LogP contribution in [0.25, 0.3) is 0 Å². The molecular formula is C3H7O10P2-. The van der Waals surface area contributed by atoms with E-state index >= 15 is 0 Å². The van der Waals surface area contributed by atoms with Gasteiger partial charge in [0.15, 0.2) is 0 Å². The lowest BCUT2D eigenvalue weighted by atomic mass is 10.4. The molecule has 0 saturated heterocycles. The summed E-state index contributed by atoms with van der Waals surface area (Å²) >= 11 is 0. The van der Waals surface area contributed by atoms with Gasteiger partial charge in [-0.05, 0) is 0 Å². The van der Waals surface area contributed by atoms with E-state index in [4.69, 9.17) is 19.6 Å². The second-order valence-electron chi connectivity index (χ2n) is 2.19. The number of carbonyl (C=O) groups excluding carboxylic acids is 1. The molecule has 0 aliphatic heterocycles. The Hall–Kier alpha value is -0.310. The quantitative estimate of drug-likeness (QED) is 0.370. The molecule has 0 aliphatic rings. The summed E-state index contributed by atoms with van der Waals surface area (Å²) in [7, 11) is -10.1. The van der Waals surface area contributed by atoms with Gasteiger partial charge in [0.05, 0.1) is 12.6 Å². The summed E-state index contributed by atoms with van der Waals surface area (Å²) in [5.74, 6) is -2.08. The van der Waals surface area contributed by atoms with E-state index < -0.39 is 34.3 Å². The van der Waals surface area contributed by atoms with Gasteiger partial charge < -0.3 is 29.5 Å². The molecule has 4 N–H and O–H groups in total. The van der Waals surface area contributed by atoms with Crippen LogP contribution in [-0.2, 0) is 23.0 Å². The van der Waals surface area contributed by atoms with Crippen LogP contribution in [0.2, 0.25) is 0 Å². The van der Waals surface area contributed by atoms with E-state index in [0.717, 1.165) is 0 Å². The summed E-state index contributed by atoms with van der Waals surface area (Å²) in [6, 6.07) is 0. The predicted octanol–water partition coefficient (Wildman–Crippen LogP) is -2.68. The van der Waals surface area contributed by atoms with Gasteiger partial charge in [-0.3, -0.25) is 9.05 Å². The predicted molar refractivity (Wildman–Crippen MR) is 39.9 cm³/mol. The smallest absolute Gasteiger partial charge is 0.470 e. The van der Waals surface area contributed by atoms with Gasteiger partial charge in [-0.1, -0.05) is 0 Å². The van der Waals surface area contributed by atoms with E-state index in [2.05, 4.69) is 9.05 Å². The molecule has 0 amide bonds. The number of hydrogen-bond donors (Lipinski definition) is 4. The fraction of sp³-hybridized carbons (Fsp3) is 0.667. The van der Waals surface area contributed by atoms with Gasteiger partial charge in [0.25, 0.3) is 0 Å². The van der Waals surface area contributed by atoms with E-state index in [-0.39, 0.29) is 0 Å². The highest BCUT2D eigenvalue weighted by atomic mass is 31.2. The van der Waals surface area contributed by atoms with Crippen molar-refractivity contribution in [2.45, 2.75) is 6.10 Å². The van der Waals surface area contributed by atoms with Gasteiger partial charge in [0.2, 0.25) is 0 Å². The molecule has 90 valence electrons. The number of rotatable bonds is 6. The third-order valence-corrected chi connectivity index (χ3v) is 1.94. The number of carboxylic acid groups (broad SMARTS) is 1. The third kappa shape index (κ3) is 8.67. The second kappa shape index (κ2) is 5.15.